The minimum atomic E-state index is -0.296. The number of hydrogen-bond donors (Lipinski definition) is 1. The third-order valence-electron chi connectivity index (χ3n) is 6.23. The molecule has 7 nitrogen and oxygen atoms in total. The molecule has 0 atom stereocenters. The molecule has 2 fully saturated rings. The van der Waals surface area contributed by atoms with E-state index in [0.717, 1.165) is 57.5 Å². The van der Waals surface area contributed by atoms with Crippen LogP contribution in [0.5, 0.6) is 11.5 Å². The number of hydrogen-bond acceptors (Lipinski definition) is 5. The molecule has 0 unspecified atom stereocenters. The Hall–Kier alpha value is -3.22. The zero-order chi connectivity index (χ0) is 22.5. The molecule has 2 saturated heterocycles. The zero-order valence-electron chi connectivity index (χ0n) is 18.9. The van der Waals surface area contributed by atoms with Crippen LogP contribution in [0.15, 0.2) is 36.4 Å². The van der Waals surface area contributed by atoms with Crippen LogP contribution in [0.2, 0.25) is 0 Å². The van der Waals surface area contributed by atoms with Gasteiger partial charge in [-0.05, 0) is 62.4 Å². The van der Waals surface area contributed by atoms with Gasteiger partial charge >= 0.3 is 0 Å². The number of nitrogens with one attached hydrogen (secondary N) is 1. The maximum atomic E-state index is 13.4. The van der Waals surface area contributed by atoms with Crippen LogP contribution in [-0.2, 0) is 0 Å². The molecule has 0 saturated carbocycles. The Morgan fingerprint density at radius 1 is 0.812 bits per heavy atom. The summed E-state index contributed by atoms with van der Waals surface area (Å²) in [7, 11) is 3.09. The first-order chi connectivity index (χ1) is 15.6. The lowest BCUT2D eigenvalue weighted by atomic mass is 10.1. The van der Waals surface area contributed by atoms with Gasteiger partial charge in [-0.15, -0.1) is 0 Å². The summed E-state index contributed by atoms with van der Waals surface area (Å²) in [5.41, 5.74) is 2.61. The highest BCUT2D eigenvalue weighted by Gasteiger charge is 2.25. The molecule has 0 spiro atoms. The van der Waals surface area contributed by atoms with Crippen molar-refractivity contribution in [1.82, 2.24) is 4.90 Å². The van der Waals surface area contributed by atoms with Crippen molar-refractivity contribution in [2.45, 2.75) is 32.1 Å². The quantitative estimate of drug-likeness (QED) is 0.734. The van der Waals surface area contributed by atoms with Crippen molar-refractivity contribution in [3.05, 3.63) is 47.5 Å². The fourth-order valence-corrected chi connectivity index (χ4v) is 4.47. The van der Waals surface area contributed by atoms with Gasteiger partial charge in [0.25, 0.3) is 11.8 Å². The van der Waals surface area contributed by atoms with Crippen LogP contribution >= 0.6 is 0 Å². The molecule has 170 valence electrons. The molecule has 2 aromatic rings. The number of carbonyl (C=O) groups excluding carboxylic acids is 2. The smallest absolute Gasteiger partial charge is 0.259 e. The summed E-state index contributed by atoms with van der Waals surface area (Å²) in [6, 6.07) is 10.7. The van der Waals surface area contributed by atoms with Crippen molar-refractivity contribution in [3.63, 3.8) is 0 Å². The second-order valence-electron chi connectivity index (χ2n) is 8.30. The summed E-state index contributed by atoms with van der Waals surface area (Å²) in [6.07, 6.45) is 5.51. The van der Waals surface area contributed by atoms with Crippen LogP contribution in [0.25, 0.3) is 0 Å². The molecule has 1 N–H and O–H groups in total. The first-order valence-corrected chi connectivity index (χ1v) is 11.3. The first-order valence-electron chi connectivity index (χ1n) is 11.3. The molecule has 0 aliphatic carbocycles. The highest BCUT2D eigenvalue weighted by molar-refractivity contribution is 6.08. The van der Waals surface area contributed by atoms with Crippen molar-refractivity contribution in [3.8, 4) is 11.5 Å². The van der Waals surface area contributed by atoms with E-state index in [1.165, 1.54) is 13.5 Å². The maximum Gasteiger partial charge on any atom is 0.259 e. The summed E-state index contributed by atoms with van der Waals surface area (Å²) < 4.78 is 10.6. The van der Waals surface area contributed by atoms with Gasteiger partial charge in [-0.2, -0.15) is 0 Å². The molecule has 2 aliphatic rings. The van der Waals surface area contributed by atoms with E-state index in [1.807, 2.05) is 23.1 Å². The number of anilines is 2. The van der Waals surface area contributed by atoms with Crippen molar-refractivity contribution in [2.24, 2.45) is 0 Å². The van der Waals surface area contributed by atoms with Gasteiger partial charge in [0.05, 0.1) is 25.3 Å². The third kappa shape index (κ3) is 4.66. The van der Waals surface area contributed by atoms with E-state index in [2.05, 4.69) is 10.2 Å². The number of piperidine rings is 1. The normalized spacial score (nSPS) is 16.1. The second-order valence-corrected chi connectivity index (χ2v) is 8.30. The van der Waals surface area contributed by atoms with Gasteiger partial charge in [-0.25, -0.2) is 0 Å². The topological polar surface area (TPSA) is 71.1 Å². The van der Waals surface area contributed by atoms with Gasteiger partial charge in [0.15, 0.2) is 0 Å². The van der Waals surface area contributed by atoms with E-state index in [1.54, 1.807) is 25.3 Å². The SMILES string of the molecule is COc1ccc(C(=O)Nc2ccc(N3CCCC3)c(C(=O)N3CCCCC3)c2)c(OC)c1. The zero-order valence-corrected chi connectivity index (χ0v) is 18.9. The number of carbonyl (C=O) groups is 2. The molecule has 0 radical (unpaired) electrons. The second kappa shape index (κ2) is 9.94. The number of likely N-dealkylation sites (tertiary alicyclic amines) is 1. The summed E-state index contributed by atoms with van der Waals surface area (Å²) in [4.78, 5) is 30.6. The third-order valence-corrected chi connectivity index (χ3v) is 6.23. The number of ether oxygens (including phenoxy) is 2. The molecule has 2 aromatic carbocycles. The Morgan fingerprint density at radius 3 is 2.22 bits per heavy atom. The Morgan fingerprint density at radius 2 is 1.53 bits per heavy atom. The van der Waals surface area contributed by atoms with Crippen molar-refractivity contribution < 1.29 is 19.1 Å². The van der Waals surface area contributed by atoms with Crippen molar-refractivity contribution in [1.29, 1.82) is 0 Å². The molecule has 32 heavy (non-hydrogen) atoms. The number of nitrogens with zero attached hydrogens (tertiary/aromatic N) is 2. The number of rotatable bonds is 6. The Labute approximate surface area is 189 Å². The molecule has 7 heteroatoms. The standard InChI is InChI=1S/C25H31N3O4/c1-31-19-9-10-20(23(17-19)32-2)24(29)26-18-8-11-22(27-12-6-7-13-27)21(16-18)25(30)28-14-4-3-5-15-28/h8-11,16-17H,3-7,12-15H2,1-2H3,(H,26,29). The van der Waals surface area contributed by atoms with Crippen LogP contribution in [-0.4, -0.2) is 57.1 Å². The summed E-state index contributed by atoms with van der Waals surface area (Å²) >= 11 is 0. The van der Waals surface area contributed by atoms with Crippen molar-refractivity contribution in [2.75, 3.05) is 50.6 Å². The molecule has 0 bridgehead atoms. The lowest BCUT2D eigenvalue weighted by Crippen LogP contribution is -2.36. The predicted octanol–water partition coefficient (Wildman–Crippen LogP) is 4.18. The van der Waals surface area contributed by atoms with Gasteiger partial charge in [0.2, 0.25) is 0 Å². The minimum Gasteiger partial charge on any atom is -0.497 e. The number of benzene rings is 2. The van der Waals surface area contributed by atoms with Crippen LogP contribution < -0.4 is 19.7 Å². The summed E-state index contributed by atoms with van der Waals surface area (Å²) in [5.74, 6) is 0.794. The van der Waals surface area contributed by atoms with Gasteiger partial charge in [0.1, 0.15) is 11.5 Å². The molecular weight excluding hydrogens is 406 g/mol. The maximum absolute atomic E-state index is 13.4. The molecule has 2 aliphatic heterocycles. The first kappa shape index (κ1) is 22.0. The van der Waals surface area contributed by atoms with Gasteiger partial charge < -0.3 is 24.6 Å². The van der Waals surface area contributed by atoms with E-state index in [4.69, 9.17) is 9.47 Å². The lowest BCUT2D eigenvalue weighted by Gasteiger charge is -2.29. The fraction of sp³-hybridized carbons (Fsp3) is 0.440. The highest BCUT2D eigenvalue weighted by Crippen LogP contribution is 2.30. The van der Waals surface area contributed by atoms with Gasteiger partial charge in [-0.1, -0.05) is 0 Å². The Balaban J connectivity index is 1.62. The molecule has 4 rings (SSSR count). The molecule has 2 heterocycles. The van der Waals surface area contributed by atoms with E-state index in [-0.39, 0.29) is 11.8 Å². The Kier molecular flexibility index (Phi) is 6.83. The van der Waals surface area contributed by atoms with Crippen LogP contribution in [0.1, 0.15) is 52.8 Å². The number of methoxy groups -OCH3 is 2. The highest BCUT2D eigenvalue weighted by atomic mass is 16.5. The summed E-state index contributed by atoms with van der Waals surface area (Å²) in [5, 5.41) is 2.94. The predicted molar refractivity (Wildman–Crippen MR) is 125 cm³/mol. The van der Waals surface area contributed by atoms with Crippen LogP contribution in [0.3, 0.4) is 0 Å². The minimum absolute atomic E-state index is 0.0460. The molecule has 0 aromatic heterocycles. The Bertz CT molecular complexity index is 979. The van der Waals surface area contributed by atoms with Gasteiger partial charge in [0, 0.05) is 43.6 Å². The van der Waals surface area contributed by atoms with Crippen LogP contribution in [0.4, 0.5) is 11.4 Å². The molecular formula is C25H31N3O4. The average molecular weight is 438 g/mol. The lowest BCUT2D eigenvalue weighted by molar-refractivity contribution is 0.0724. The monoisotopic (exact) mass is 437 g/mol. The van der Waals surface area contributed by atoms with E-state index in [9.17, 15) is 9.59 Å². The van der Waals surface area contributed by atoms with E-state index in [0.29, 0.717) is 28.3 Å². The summed E-state index contributed by atoms with van der Waals surface area (Å²) in [6.45, 7) is 3.49. The van der Waals surface area contributed by atoms with Gasteiger partial charge in [-0.3, -0.25) is 9.59 Å². The molecule has 2 amide bonds. The van der Waals surface area contributed by atoms with Crippen LogP contribution in [0, 0.1) is 0 Å². The van der Waals surface area contributed by atoms with Crippen molar-refractivity contribution >= 4 is 23.2 Å². The average Bonchev–Trinajstić information content (AvgIpc) is 3.38. The fourth-order valence-electron chi connectivity index (χ4n) is 4.47. The largest absolute Gasteiger partial charge is 0.497 e. The van der Waals surface area contributed by atoms with E-state index < -0.39 is 0 Å². The number of amides is 2. The van der Waals surface area contributed by atoms with E-state index >= 15 is 0 Å².